The van der Waals surface area contributed by atoms with Crippen LogP contribution in [0.1, 0.15) is 42.4 Å². The third-order valence-electron chi connectivity index (χ3n) is 7.39. The predicted octanol–water partition coefficient (Wildman–Crippen LogP) is 5.82. The van der Waals surface area contributed by atoms with Gasteiger partial charge in [-0.1, -0.05) is 85.1 Å². The Morgan fingerprint density at radius 1 is 0.953 bits per heavy atom. The molecule has 4 rings (SSSR count). The molecule has 1 aliphatic rings. The lowest BCUT2D eigenvalue weighted by Crippen LogP contribution is -2.54. The molecule has 2 amide bonds. The van der Waals surface area contributed by atoms with Crippen molar-refractivity contribution in [3.8, 4) is 0 Å². The van der Waals surface area contributed by atoms with E-state index in [9.17, 15) is 31.2 Å². The van der Waals surface area contributed by atoms with Crippen LogP contribution >= 0.6 is 11.6 Å². The molecule has 3 aromatic rings. The molecule has 0 heterocycles. The van der Waals surface area contributed by atoms with Crippen molar-refractivity contribution in [2.45, 2.75) is 56.9 Å². The molecule has 3 aromatic carbocycles. The zero-order valence-electron chi connectivity index (χ0n) is 23.6. The van der Waals surface area contributed by atoms with Crippen LogP contribution < -0.4 is 9.62 Å². The number of nitrogens with one attached hydrogen (secondary N) is 1. The molecule has 230 valence electrons. The highest BCUT2D eigenvalue weighted by Crippen LogP contribution is 2.36. The van der Waals surface area contributed by atoms with Gasteiger partial charge in [0.2, 0.25) is 21.8 Å². The van der Waals surface area contributed by atoms with Crippen LogP contribution in [0.15, 0.2) is 78.9 Å². The first-order valence-corrected chi connectivity index (χ1v) is 16.1. The summed E-state index contributed by atoms with van der Waals surface area (Å²) in [5.41, 5.74) is -0.138. The molecule has 7 nitrogen and oxygen atoms in total. The molecule has 0 aromatic heterocycles. The Balaban J connectivity index is 1.75. The molecule has 0 unspecified atom stereocenters. The largest absolute Gasteiger partial charge is 0.416 e. The summed E-state index contributed by atoms with van der Waals surface area (Å²) in [6.45, 7) is -0.905. The number of alkyl halides is 3. The second-order valence-electron chi connectivity index (χ2n) is 10.6. The minimum atomic E-state index is -4.77. The Kier molecular flexibility index (Phi) is 10.4. The number of hydrogen-bond acceptors (Lipinski definition) is 4. The van der Waals surface area contributed by atoms with Crippen LogP contribution in [-0.4, -0.2) is 50.0 Å². The molecule has 1 fully saturated rings. The van der Waals surface area contributed by atoms with E-state index < -0.39 is 45.9 Å². The molecule has 0 aliphatic heterocycles. The predicted molar refractivity (Wildman–Crippen MR) is 160 cm³/mol. The summed E-state index contributed by atoms with van der Waals surface area (Å²) >= 11 is 6.19. The minimum Gasteiger partial charge on any atom is -0.352 e. The third-order valence-corrected chi connectivity index (χ3v) is 8.84. The van der Waals surface area contributed by atoms with E-state index >= 15 is 0 Å². The maximum atomic E-state index is 14.1. The fourth-order valence-electron chi connectivity index (χ4n) is 5.18. The van der Waals surface area contributed by atoms with Gasteiger partial charge >= 0.3 is 6.18 Å². The highest BCUT2D eigenvalue weighted by molar-refractivity contribution is 7.92. The average Bonchev–Trinajstić information content (AvgIpc) is 3.47. The number of nitrogens with zero attached hydrogens (tertiary/aromatic N) is 2. The average molecular weight is 636 g/mol. The van der Waals surface area contributed by atoms with Gasteiger partial charge in [-0.3, -0.25) is 13.9 Å². The van der Waals surface area contributed by atoms with Crippen molar-refractivity contribution in [2.24, 2.45) is 0 Å². The second-order valence-corrected chi connectivity index (χ2v) is 13.0. The fourth-order valence-corrected chi connectivity index (χ4v) is 6.30. The molecule has 0 bridgehead atoms. The van der Waals surface area contributed by atoms with Crippen LogP contribution in [0.5, 0.6) is 0 Å². The van der Waals surface area contributed by atoms with Gasteiger partial charge in [-0.05, 0) is 42.2 Å². The summed E-state index contributed by atoms with van der Waals surface area (Å²) in [5, 5.41) is 2.78. The Bertz CT molecular complexity index is 1520. The number of benzene rings is 3. The maximum absolute atomic E-state index is 14.1. The van der Waals surface area contributed by atoms with Gasteiger partial charge in [0.1, 0.15) is 12.6 Å². The van der Waals surface area contributed by atoms with Crippen molar-refractivity contribution >= 4 is 39.1 Å². The van der Waals surface area contributed by atoms with Gasteiger partial charge in [0.25, 0.3) is 0 Å². The Hall–Kier alpha value is -3.57. The topological polar surface area (TPSA) is 86.8 Å². The van der Waals surface area contributed by atoms with E-state index in [2.05, 4.69) is 5.32 Å². The van der Waals surface area contributed by atoms with Crippen LogP contribution in [-0.2, 0) is 38.8 Å². The molecular formula is C31H33ClF3N3O4S. The monoisotopic (exact) mass is 635 g/mol. The molecule has 12 heteroatoms. The highest BCUT2D eigenvalue weighted by Gasteiger charge is 2.36. The lowest BCUT2D eigenvalue weighted by atomic mass is 10.0. The van der Waals surface area contributed by atoms with Gasteiger partial charge in [-0.25, -0.2) is 8.42 Å². The van der Waals surface area contributed by atoms with Crippen molar-refractivity contribution in [3.63, 3.8) is 0 Å². The van der Waals surface area contributed by atoms with Gasteiger partial charge in [-0.15, -0.1) is 0 Å². The number of amides is 2. The number of hydrogen-bond donors (Lipinski definition) is 1. The summed E-state index contributed by atoms with van der Waals surface area (Å²) in [4.78, 5) is 29.2. The smallest absolute Gasteiger partial charge is 0.352 e. The number of sulfonamides is 1. The molecule has 1 saturated carbocycles. The summed E-state index contributed by atoms with van der Waals surface area (Å²) in [7, 11) is -4.29. The van der Waals surface area contributed by atoms with Crippen molar-refractivity contribution in [1.29, 1.82) is 0 Å². The molecule has 43 heavy (non-hydrogen) atoms. The van der Waals surface area contributed by atoms with Gasteiger partial charge < -0.3 is 10.2 Å². The van der Waals surface area contributed by atoms with E-state index in [1.165, 1.54) is 4.90 Å². The first-order chi connectivity index (χ1) is 20.3. The van der Waals surface area contributed by atoms with Gasteiger partial charge in [0.05, 0.1) is 22.5 Å². The van der Waals surface area contributed by atoms with Crippen molar-refractivity contribution in [1.82, 2.24) is 10.2 Å². The van der Waals surface area contributed by atoms with Gasteiger partial charge in [0.15, 0.2) is 0 Å². The van der Waals surface area contributed by atoms with Crippen molar-refractivity contribution < 1.29 is 31.2 Å². The fraction of sp³-hybridized carbons (Fsp3) is 0.355. The lowest BCUT2D eigenvalue weighted by molar-refractivity contribution is -0.140. The lowest BCUT2D eigenvalue weighted by Gasteiger charge is -2.34. The van der Waals surface area contributed by atoms with Crippen LogP contribution in [0.3, 0.4) is 0 Å². The Morgan fingerprint density at radius 3 is 2.09 bits per heavy atom. The minimum absolute atomic E-state index is 0.0385. The van der Waals surface area contributed by atoms with Crippen LogP contribution in [0.2, 0.25) is 5.02 Å². The number of anilines is 1. The van der Waals surface area contributed by atoms with Crippen molar-refractivity contribution in [2.75, 3.05) is 17.1 Å². The zero-order valence-corrected chi connectivity index (χ0v) is 25.1. The zero-order chi connectivity index (χ0) is 31.2. The normalized spacial score (nSPS) is 14.7. The number of rotatable bonds is 11. The molecule has 0 radical (unpaired) electrons. The maximum Gasteiger partial charge on any atom is 0.416 e. The summed E-state index contributed by atoms with van der Waals surface area (Å²) in [6, 6.07) is 19.2. The first kappa shape index (κ1) is 32.3. The van der Waals surface area contributed by atoms with Crippen LogP contribution in [0.25, 0.3) is 0 Å². The number of halogens is 4. The molecule has 1 N–H and O–H groups in total. The number of carbonyl (C=O) groups excluding carboxylic acids is 2. The van der Waals surface area contributed by atoms with E-state index in [1.54, 1.807) is 30.3 Å². The second kappa shape index (κ2) is 13.8. The molecule has 1 atom stereocenters. The molecule has 1 aliphatic carbocycles. The Morgan fingerprint density at radius 2 is 1.53 bits per heavy atom. The first-order valence-electron chi connectivity index (χ1n) is 13.8. The third kappa shape index (κ3) is 8.73. The molecular weight excluding hydrogens is 603 g/mol. The van der Waals surface area contributed by atoms with Gasteiger partial charge in [-0.2, -0.15) is 13.2 Å². The van der Waals surface area contributed by atoms with E-state index in [1.807, 2.05) is 30.3 Å². The standard InChI is InChI=1S/C31H33ClF3N3O4S/c1-43(41,42)38(27-19-24(31(33,34)35)16-17-26(27)32)21-29(39)37(20-23-12-6-3-7-13-23)28(18-22-10-4-2-5-11-22)30(40)36-25-14-8-9-15-25/h2-7,10-13,16-17,19,25,28H,8-9,14-15,18,20-21H2,1H3,(H,36,40)/t28-/m1/s1. The summed E-state index contributed by atoms with van der Waals surface area (Å²) in [6.07, 6.45) is -0.276. The van der Waals surface area contributed by atoms with E-state index in [0.29, 0.717) is 15.9 Å². The van der Waals surface area contributed by atoms with E-state index in [-0.39, 0.29) is 29.9 Å². The molecule has 0 spiro atoms. The van der Waals surface area contributed by atoms with Crippen LogP contribution in [0, 0.1) is 0 Å². The Labute approximate surface area is 254 Å². The molecule has 0 saturated heterocycles. The van der Waals surface area contributed by atoms with Crippen LogP contribution in [0.4, 0.5) is 18.9 Å². The van der Waals surface area contributed by atoms with Crippen molar-refractivity contribution in [3.05, 3.63) is 101 Å². The summed E-state index contributed by atoms with van der Waals surface area (Å²) < 4.78 is 67.0. The van der Waals surface area contributed by atoms with Gasteiger partial charge in [0, 0.05) is 19.0 Å². The van der Waals surface area contributed by atoms with E-state index in [0.717, 1.165) is 49.6 Å². The number of carbonyl (C=O) groups is 2. The van der Waals surface area contributed by atoms with E-state index in [4.69, 9.17) is 11.6 Å². The summed E-state index contributed by atoms with van der Waals surface area (Å²) in [5.74, 6) is -1.16. The SMILES string of the molecule is CS(=O)(=O)N(CC(=O)N(Cc1ccccc1)[C@H](Cc1ccccc1)C(=O)NC1CCCC1)c1cc(C(F)(F)F)ccc1Cl. The highest BCUT2D eigenvalue weighted by atomic mass is 35.5. The quantitative estimate of drug-likeness (QED) is 0.288.